The number of fused-ring (bicyclic) bond motifs is 4. The van der Waals surface area contributed by atoms with Crippen LogP contribution < -0.4 is 5.32 Å². The summed E-state index contributed by atoms with van der Waals surface area (Å²) < 4.78 is 2.18. The Kier molecular flexibility index (Phi) is 3.45. The van der Waals surface area contributed by atoms with Crippen molar-refractivity contribution >= 4 is 28.4 Å². The van der Waals surface area contributed by atoms with Gasteiger partial charge in [-0.2, -0.15) is 0 Å². The molecule has 0 spiro atoms. The standard InChI is InChI=1S/C21H19N5/c1-14-18(9-8-16-7-6-15-4-2-12-23-20(15)24-16)25-21-17-5-3-11-22-19(17)10-13-26(14)21/h2-7,10,12-13,22H,8-9,11H2,1H3. The number of nitrogens with one attached hydrogen (secondary N) is 1. The number of imidazole rings is 1. The first-order chi connectivity index (χ1) is 12.8. The average Bonchev–Trinajstić information content (AvgIpc) is 3.02. The highest BCUT2D eigenvalue weighted by atomic mass is 15.0. The molecule has 4 aromatic rings. The van der Waals surface area contributed by atoms with Crippen molar-refractivity contribution in [3.05, 3.63) is 71.4 Å². The summed E-state index contributed by atoms with van der Waals surface area (Å²) in [6, 6.07) is 10.3. The Balaban J connectivity index is 1.47. The van der Waals surface area contributed by atoms with Gasteiger partial charge in [0.05, 0.1) is 5.69 Å². The SMILES string of the molecule is Cc1c(CCc2ccc3cccnc3n2)nc2c3c(ccn12)NCC=C3. The number of hydrogen-bond donors (Lipinski definition) is 1. The Morgan fingerprint density at radius 2 is 2.08 bits per heavy atom. The van der Waals surface area contributed by atoms with Crippen molar-refractivity contribution < 1.29 is 0 Å². The average molecular weight is 341 g/mol. The van der Waals surface area contributed by atoms with Crippen LogP contribution in [-0.4, -0.2) is 25.9 Å². The van der Waals surface area contributed by atoms with Crippen molar-refractivity contribution in [3.63, 3.8) is 0 Å². The Morgan fingerprint density at radius 1 is 1.12 bits per heavy atom. The van der Waals surface area contributed by atoms with Crippen LogP contribution in [0, 0.1) is 6.92 Å². The molecule has 0 radical (unpaired) electrons. The van der Waals surface area contributed by atoms with E-state index in [1.165, 1.54) is 11.3 Å². The predicted molar refractivity (Wildman–Crippen MR) is 104 cm³/mol. The molecule has 5 heterocycles. The van der Waals surface area contributed by atoms with E-state index in [2.05, 4.69) is 63.2 Å². The minimum absolute atomic E-state index is 0.807. The van der Waals surface area contributed by atoms with Gasteiger partial charge in [0.25, 0.3) is 0 Å². The summed E-state index contributed by atoms with van der Waals surface area (Å²) in [5, 5.41) is 4.48. The summed E-state index contributed by atoms with van der Waals surface area (Å²) in [7, 11) is 0. The molecule has 0 aliphatic carbocycles. The zero-order chi connectivity index (χ0) is 17.5. The van der Waals surface area contributed by atoms with Gasteiger partial charge in [0.1, 0.15) is 5.65 Å². The molecule has 1 aliphatic rings. The Bertz CT molecular complexity index is 1160. The van der Waals surface area contributed by atoms with Crippen molar-refractivity contribution in [1.29, 1.82) is 0 Å². The largest absolute Gasteiger partial charge is 0.381 e. The third kappa shape index (κ3) is 2.44. The van der Waals surface area contributed by atoms with Gasteiger partial charge in [0.15, 0.2) is 5.65 Å². The highest BCUT2D eigenvalue weighted by Gasteiger charge is 2.15. The lowest BCUT2D eigenvalue weighted by atomic mass is 10.1. The molecule has 0 aromatic carbocycles. The Hall–Kier alpha value is -3.21. The lowest BCUT2D eigenvalue weighted by Gasteiger charge is -2.13. The smallest absolute Gasteiger partial charge is 0.159 e. The molecule has 5 rings (SSSR count). The number of aryl methyl sites for hydroxylation is 3. The second-order valence-electron chi connectivity index (χ2n) is 6.62. The van der Waals surface area contributed by atoms with Gasteiger partial charge in [0.2, 0.25) is 0 Å². The molecule has 0 saturated carbocycles. The zero-order valence-electron chi connectivity index (χ0n) is 14.6. The first kappa shape index (κ1) is 15.1. The highest BCUT2D eigenvalue weighted by molar-refractivity contribution is 5.80. The van der Waals surface area contributed by atoms with Crippen LogP contribution in [0.15, 0.2) is 48.8 Å². The van der Waals surface area contributed by atoms with Crippen LogP contribution in [0.2, 0.25) is 0 Å². The topological polar surface area (TPSA) is 55.1 Å². The molecule has 5 nitrogen and oxygen atoms in total. The second kappa shape index (κ2) is 5.95. The maximum atomic E-state index is 4.93. The molecule has 0 fully saturated rings. The number of rotatable bonds is 3. The second-order valence-corrected chi connectivity index (χ2v) is 6.62. The first-order valence-electron chi connectivity index (χ1n) is 8.91. The minimum Gasteiger partial charge on any atom is -0.381 e. The van der Waals surface area contributed by atoms with Gasteiger partial charge in [-0.15, -0.1) is 0 Å². The normalized spacial score (nSPS) is 13.1. The van der Waals surface area contributed by atoms with Crippen LogP contribution in [0.4, 0.5) is 5.69 Å². The summed E-state index contributed by atoms with van der Waals surface area (Å²) >= 11 is 0. The molecule has 4 aromatic heterocycles. The summed E-state index contributed by atoms with van der Waals surface area (Å²) in [5.74, 6) is 0. The Labute approximate surface area is 151 Å². The molecule has 1 aliphatic heterocycles. The van der Waals surface area contributed by atoms with Gasteiger partial charge in [-0.3, -0.25) is 0 Å². The number of pyridine rings is 3. The summed E-state index contributed by atoms with van der Waals surface area (Å²) in [4.78, 5) is 14.0. The number of aromatic nitrogens is 4. The summed E-state index contributed by atoms with van der Waals surface area (Å²) in [6.07, 6.45) is 9.91. The highest BCUT2D eigenvalue weighted by Crippen LogP contribution is 2.27. The van der Waals surface area contributed by atoms with E-state index in [0.717, 1.165) is 53.1 Å². The summed E-state index contributed by atoms with van der Waals surface area (Å²) in [6.45, 7) is 3.01. The van der Waals surface area contributed by atoms with Crippen molar-refractivity contribution in [3.8, 4) is 0 Å². The molecule has 5 heteroatoms. The van der Waals surface area contributed by atoms with E-state index in [-0.39, 0.29) is 0 Å². The third-order valence-electron chi connectivity index (χ3n) is 5.00. The number of anilines is 1. The third-order valence-corrected chi connectivity index (χ3v) is 5.00. The van der Waals surface area contributed by atoms with Gasteiger partial charge >= 0.3 is 0 Å². The van der Waals surface area contributed by atoms with Crippen molar-refractivity contribution in [2.45, 2.75) is 19.8 Å². The van der Waals surface area contributed by atoms with Crippen molar-refractivity contribution in [2.75, 3.05) is 11.9 Å². The van der Waals surface area contributed by atoms with E-state index >= 15 is 0 Å². The van der Waals surface area contributed by atoms with E-state index in [4.69, 9.17) is 4.98 Å². The van der Waals surface area contributed by atoms with E-state index in [9.17, 15) is 0 Å². The van der Waals surface area contributed by atoms with E-state index < -0.39 is 0 Å². The van der Waals surface area contributed by atoms with Gasteiger partial charge in [-0.25, -0.2) is 15.0 Å². The summed E-state index contributed by atoms with van der Waals surface area (Å²) in [5.41, 5.74) is 7.52. The van der Waals surface area contributed by atoms with Crippen LogP contribution in [-0.2, 0) is 12.8 Å². The van der Waals surface area contributed by atoms with Gasteiger partial charge < -0.3 is 9.72 Å². The van der Waals surface area contributed by atoms with E-state index in [1.807, 2.05) is 12.1 Å². The number of nitrogens with zero attached hydrogens (tertiary/aromatic N) is 4. The van der Waals surface area contributed by atoms with Crippen LogP contribution in [0.1, 0.15) is 22.6 Å². The maximum absolute atomic E-state index is 4.93. The molecule has 0 bridgehead atoms. The molecule has 0 amide bonds. The van der Waals surface area contributed by atoms with E-state index in [1.54, 1.807) is 6.20 Å². The monoisotopic (exact) mass is 341 g/mol. The fourth-order valence-electron chi connectivity index (χ4n) is 3.57. The number of hydrogen-bond acceptors (Lipinski definition) is 4. The molecule has 128 valence electrons. The molecular formula is C21H19N5. The lowest BCUT2D eigenvalue weighted by Crippen LogP contribution is -2.06. The first-order valence-corrected chi connectivity index (χ1v) is 8.91. The maximum Gasteiger partial charge on any atom is 0.159 e. The fourth-order valence-corrected chi connectivity index (χ4v) is 3.57. The molecule has 1 N–H and O–H groups in total. The minimum atomic E-state index is 0.807. The van der Waals surface area contributed by atoms with E-state index in [0.29, 0.717) is 0 Å². The molecule has 0 unspecified atom stereocenters. The molecule has 0 saturated heterocycles. The molecule has 26 heavy (non-hydrogen) atoms. The molecule has 0 atom stereocenters. The van der Waals surface area contributed by atoms with Crippen LogP contribution in [0.5, 0.6) is 0 Å². The van der Waals surface area contributed by atoms with Crippen LogP contribution in [0.25, 0.3) is 22.8 Å². The van der Waals surface area contributed by atoms with Crippen molar-refractivity contribution in [1.82, 2.24) is 19.4 Å². The van der Waals surface area contributed by atoms with Gasteiger partial charge in [-0.1, -0.05) is 12.2 Å². The van der Waals surface area contributed by atoms with Gasteiger partial charge in [-0.05, 0) is 50.1 Å². The fraction of sp³-hybridized carbons (Fsp3) is 0.190. The Morgan fingerprint density at radius 3 is 3.04 bits per heavy atom. The predicted octanol–water partition coefficient (Wildman–Crippen LogP) is 3.81. The zero-order valence-corrected chi connectivity index (χ0v) is 14.6. The van der Waals surface area contributed by atoms with Gasteiger partial charge in [0, 0.05) is 47.0 Å². The molecular weight excluding hydrogens is 322 g/mol. The van der Waals surface area contributed by atoms with Crippen LogP contribution >= 0.6 is 0 Å². The van der Waals surface area contributed by atoms with Crippen molar-refractivity contribution in [2.24, 2.45) is 0 Å². The quantitative estimate of drug-likeness (QED) is 0.616. The van der Waals surface area contributed by atoms with Crippen LogP contribution in [0.3, 0.4) is 0 Å². The lowest BCUT2D eigenvalue weighted by molar-refractivity contribution is 0.882.